The number of benzene rings is 1. The molecule has 1 N–H and O–H groups in total. The normalized spacial score (nSPS) is 12.2. The standard InChI is InChI=1S/C16H25N3S/c1-16(2,3)17-12-14-13-8-5-6-9-15(13)19(18-14)10-7-11-20-4/h5-6,8-9,17H,7,10-12H2,1-4H3. The second-order valence-corrected chi connectivity index (χ2v) is 7.12. The highest BCUT2D eigenvalue weighted by molar-refractivity contribution is 7.98. The molecule has 0 saturated heterocycles. The van der Waals surface area contributed by atoms with Gasteiger partial charge in [0.2, 0.25) is 0 Å². The first-order valence-electron chi connectivity index (χ1n) is 7.19. The average Bonchev–Trinajstić information content (AvgIpc) is 2.75. The van der Waals surface area contributed by atoms with Gasteiger partial charge in [0.25, 0.3) is 0 Å². The van der Waals surface area contributed by atoms with Crippen LogP contribution in [0.3, 0.4) is 0 Å². The zero-order valence-electron chi connectivity index (χ0n) is 12.9. The Labute approximate surface area is 126 Å². The van der Waals surface area contributed by atoms with Gasteiger partial charge in [-0.15, -0.1) is 0 Å². The Morgan fingerprint density at radius 2 is 2.00 bits per heavy atom. The Kier molecular flexibility index (Phi) is 5.11. The maximum atomic E-state index is 4.81. The van der Waals surface area contributed by atoms with Gasteiger partial charge in [0.1, 0.15) is 0 Å². The molecular weight excluding hydrogens is 266 g/mol. The predicted molar refractivity (Wildman–Crippen MR) is 89.3 cm³/mol. The Balaban J connectivity index is 2.21. The molecule has 110 valence electrons. The molecule has 0 saturated carbocycles. The highest BCUT2D eigenvalue weighted by atomic mass is 32.2. The van der Waals surface area contributed by atoms with Crippen LogP contribution in [0.15, 0.2) is 24.3 Å². The number of fused-ring (bicyclic) bond motifs is 1. The van der Waals surface area contributed by atoms with E-state index in [0.717, 1.165) is 18.8 Å². The molecule has 0 aliphatic rings. The van der Waals surface area contributed by atoms with E-state index < -0.39 is 0 Å². The molecule has 0 unspecified atom stereocenters. The topological polar surface area (TPSA) is 29.9 Å². The Morgan fingerprint density at radius 1 is 1.25 bits per heavy atom. The molecule has 0 bridgehead atoms. The van der Waals surface area contributed by atoms with Crippen molar-refractivity contribution in [2.24, 2.45) is 0 Å². The van der Waals surface area contributed by atoms with Gasteiger partial charge in [-0.25, -0.2) is 0 Å². The van der Waals surface area contributed by atoms with E-state index in [2.05, 4.69) is 61.3 Å². The summed E-state index contributed by atoms with van der Waals surface area (Å²) >= 11 is 1.89. The lowest BCUT2D eigenvalue weighted by atomic mass is 10.1. The van der Waals surface area contributed by atoms with E-state index in [4.69, 9.17) is 5.10 Å². The SMILES string of the molecule is CSCCCn1nc(CNC(C)(C)C)c2ccccc21. The van der Waals surface area contributed by atoms with Crippen molar-refractivity contribution in [3.63, 3.8) is 0 Å². The van der Waals surface area contributed by atoms with Crippen molar-refractivity contribution in [2.45, 2.75) is 45.8 Å². The summed E-state index contributed by atoms with van der Waals surface area (Å²) in [6.45, 7) is 8.37. The molecule has 1 aromatic heterocycles. The smallest absolute Gasteiger partial charge is 0.0841 e. The molecule has 0 atom stereocenters. The second kappa shape index (κ2) is 6.64. The fraction of sp³-hybridized carbons (Fsp3) is 0.562. The van der Waals surface area contributed by atoms with Gasteiger partial charge in [-0.05, 0) is 45.3 Å². The fourth-order valence-corrected chi connectivity index (χ4v) is 2.62. The summed E-state index contributed by atoms with van der Waals surface area (Å²) in [4.78, 5) is 0. The third kappa shape index (κ3) is 4.00. The lowest BCUT2D eigenvalue weighted by Crippen LogP contribution is -2.35. The third-order valence-corrected chi connectivity index (χ3v) is 3.94. The predicted octanol–water partition coefficient (Wildman–Crippen LogP) is 3.68. The fourth-order valence-electron chi connectivity index (χ4n) is 2.20. The van der Waals surface area contributed by atoms with E-state index in [0.29, 0.717) is 0 Å². The van der Waals surface area contributed by atoms with Gasteiger partial charge in [-0.1, -0.05) is 18.2 Å². The number of hydrogen-bond donors (Lipinski definition) is 1. The summed E-state index contributed by atoms with van der Waals surface area (Å²) in [6, 6.07) is 8.53. The number of hydrogen-bond acceptors (Lipinski definition) is 3. The molecule has 0 amide bonds. The average molecular weight is 291 g/mol. The minimum Gasteiger partial charge on any atom is -0.306 e. The van der Waals surface area contributed by atoms with Crippen LogP contribution in [0.25, 0.3) is 10.9 Å². The van der Waals surface area contributed by atoms with Crippen molar-refractivity contribution in [3.8, 4) is 0 Å². The summed E-state index contributed by atoms with van der Waals surface area (Å²) in [6.07, 6.45) is 3.32. The van der Waals surface area contributed by atoms with Gasteiger partial charge in [-0.3, -0.25) is 4.68 Å². The molecular formula is C16H25N3S. The highest BCUT2D eigenvalue weighted by Gasteiger charge is 2.13. The zero-order chi connectivity index (χ0) is 14.6. The number of nitrogens with zero attached hydrogens (tertiary/aromatic N) is 2. The molecule has 4 heteroatoms. The van der Waals surface area contributed by atoms with E-state index in [9.17, 15) is 0 Å². The first-order chi connectivity index (χ1) is 9.51. The van der Waals surface area contributed by atoms with Crippen molar-refractivity contribution in [1.29, 1.82) is 0 Å². The molecule has 1 aromatic carbocycles. The summed E-state index contributed by atoms with van der Waals surface area (Å²) in [5.41, 5.74) is 2.52. The minimum atomic E-state index is 0.115. The Morgan fingerprint density at radius 3 is 2.70 bits per heavy atom. The Hall–Kier alpha value is -1.00. The lowest BCUT2D eigenvalue weighted by molar-refractivity contribution is 0.420. The molecule has 0 radical (unpaired) electrons. The summed E-state index contributed by atoms with van der Waals surface area (Å²) < 4.78 is 2.16. The van der Waals surface area contributed by atoms with Crippen LogP contribution in [0.5, 0.6) is 0 Å². The highest BCUT2D eigenvalue weighted by Crippen LogP contribution is 2.19. The van der Waals surface area contributed by atoms with Crippen molar-refractivity contribution in [3.05, 3.63) is 30.0 Å². The number of aromatic nitrogens is 2. The van der Waals surface area contributed by atoms with Crippen molar-refractivity contribution < 1.29 is 0 Å². The second-order valence-electron chi connectivity index (χ2n) is 6.14. The number of thioether (sulfide) groups is 1. The first-order valence-corrected chi connectivity index (χ1v) is 8.59. The molecule has 0 aliphatic carbocycles. The number of aryl methyl sites for hydroxylation is 1. The maximum absolute atomic E-state index is 4.81. The first kappa shape index (κ1) is 15.4. The van der Waals surface area contributed by atoms with Crippen LogP contribution >= 0.6 is 11.8 Å². The van der Waals surface area contributed by atoms with Gasteiger partial charge < -0.3 is 5.32 Å². The third-order valence-electron chi connectivity index (χ3n) is 3.24. The summed E-state index contributed by atoms with van der Waals surface area (Å²) in [5, 5.41) is 9.61. The molecule has 0 fully saturated rings. The molecule has 2 rings (SSSR count). The van der Waals surface area contributed by atoms with Gasteiger partial charge in [0.05, 0.1) is 11.2 Å². The zero-order valence-corrected chi connectivity index (χ0v) is 13.8. The van der Waals surface area contributed by atoms with E-state index in [1.807, 2.05) is 11.8 Å². The van der Waals surface area contributed by atoms with Crippen LogP contribution in [0.1, 0.15) is 32.9 Å². The van der Waals surface area contributed by atoms with Gasteiger partial charge in [-0.2, -0.15) is 16.9 Å². The minimum absolute atomic E-state index is 0.115. The van der Waals surface area contributed by atoms with Gasteiger partial charge >= 0.3 is 0 Å². The van der Waals surface area contributed by atoms with Crippen LogP contribution in [-0.4, -0.2) is 27.3 Å². The molecule has 20 heavy (non-hydrogen) atoms. The maximum Gasteiger partial charge on any atom is 0.0841 e. The van der Waals surface area contributed by atoms with Crippen LogP contribution in [0, 0.1) is 0 Å². The molecule has 3 nitrogen and oxygen atoms in total. The molecule has 2 aromatic rings. The van der Waals surface area contributed by atoms with E-state index >= 15 is 0 Å². The van der Waals surface area contributed by atoms with E-state index in [1.54, 1.807) is 0 Å². The van der Waals surface area contributed by atoms with Crippen molar-refractivity contribution in [1.82, 2.24) is 15.1 Å². The van der Waals surface area contributed by atoms with Gasteiger partial charge in [0.15, 0.2) is 0 Å². The number of nitrogens with one attached hydrogen (secondary N) is 1. The van der Waals surface area contributed by atoms with E-state index in [-0.39, 0.29) is 5.54 Å². The van der Waals surface area contributed by atoms with Crippen LogP contribution in [-0.2, 0) is 13.1 Å². The quantitative estimate of drug-likeness (QED) is 0.823. The Bertz CT molecular complexity index is 554. The lowest BCUT2D eigenvalue weighted by Gasteiger charge is -2.19. The summed E-state index contributed by atoms with van der Waals surface area (Å²) in [5.74, 6) is 1.18. The van der Waals surface area contributed by atoms with Crippen LogP contribution in [0.2, 0.25) is 0 Å². The molecule has 1 heterocycles. The van der Waals surface area contributed by atoms with Gasteiger partial charge in [0, 0.05) is 24.0 Å². The monoisotopic (exact) mass is 291 g/mol. The summed E-state index contributed by atoms with van der Waals surface area (Å²) in [7, 11) is 0. The van der Waals surface area contributed by atoms with Crippen molar-refractivity contribution >= 4 is 22.7 Å². The van der Waals surface area contributed by atoms with Crippen LogP contribution < -0.4 is 5.32 Å². The number of rotatable bonds is 6. The van der Waals surface area contributed by atoms with Crippen molar-refractivity contribution in [2.75, 3.05) is 12.0 Å². The molecule has 0 aliphatic heterocycles. The van der Waals surface area contributed by atoms with Crippen LogP contribution in [0.4, 0.5) is 0 Å². The largest absolute Gasteiger partial charge is 0.306 e. The molecule has 0 spiro atoms. The van der Waals surface area contributed by atoms with E-state index in [1.165, 1.54) is 23.1 Å². The number of para-hydroxylation sites is 1.